The molecule has 1 fully saturated rings. The van der Waals surface area contributed by atoms with E-state index >= 15 is 0 Å². The van der Waals surface area contributed by atoms with Gasteiger partial charge in [-0.1, -0.05) is 12.1 Å². The van der Waals surface area contributed by atoms with Crippen LogP contribution in [-0.2, 0) is 6.54 Å². The maximum Gasteiger partial charge on any atom is 0.259 e. The molecule has 0 aliphatic carbocycles. The number of nitrogens with zero attached hydrogens (tertiary/aromatic N) is 3. The van der Waals surface area contributed by atoms with Crippen molar-refractivity contribution in [2.75, 3.05) is 37.3 Å². The lowest BCUT2D eigenvalue weighted by Gasteiger charge is -2.40. The summed E-state index contributed by atoms with van der Waals surface area (Å²) >= 11 is 1.67. The summed E-state index contributed by atoms with van der Waals surface area (Å²) in [6.45, 7) is 7.27. The molecule has 0 saturated carbocycles. The van der Waals surface area contributed by atoms with E-state index in [1.165, 1.54) is 12.1 Å². The minimum atomic E-state index is -0.345. The van der Waals surface area contributed by atoms with Crippen LogP contribution in [0.2, 0.25) is 0 Å². The lowest BCUT2D eigenvalue weighted by molar-refractivity contribution is 0.207. The van der Waals surface area contributed by atoms with Crippen molar-refractivity contribution in [1.82, 2.24) is 9.47 Å². The Labute approximate surface area is 198 Å². The van der Waals surface area contributed by atoms with Gasteiger partial charge in [0.05, 0.1) is 11.6 Å². The maximum atomic E-state index is 13.5. The summed E-state index contributed by atoms with van der Waals surface area (Å²) in [5, 5.41) is 10.9. The highest BCUT2D eigenvalue weighted by atomic mass is 32.2. The van der Waals surface area contributed by atoms with Crippen LogP contribution in [0.3, 0.4) is 0 Å². The van der Waals surface area contributed by atoms with Crippen LogP contribution >= 0.6 is 11.8 Å². The van der Waals surface area contributed by atoms with E-state index in [2.05, 4.69) is 34.1 Å². The van der Waals surface area contributed by atoms with E-state index in [0.29, 0.717) is 25.2 Å². The molecule has 2 heterocycles. The number of piperazine rings is 1. The van der Waals surface area contributed by atoms with Crippen LogP contribution in [0.15, 0.2) is 64.3 Å². The van der Waals surface area contributed by atoms with E-state index in [0.717, 1.165) is 34.9 Å². The van der Waals surface area contributed by atoms with Gasteiger partial charge < -0.3 is 14.6 Å². The lowest BCUT2D eigenvalue weighted by atomic mass is 9.96. The molecule has 1 atom stereocenters. The van der Waals surface area contributed by atoms with Crippen LogP contribution in [0.4, 0.5) is 10.1 Å². The quantitative estimate of drug-likeness (QED) is 0.535. The largest absolute Gasteiger partial charge is 0.507 e. The van der Waals surface area contributed by atoms with Gasteiger partial charge >= 0.3 is 0 Å². The van der Waals surface area contributed by atoms with Crippen LogP contribution in [0, 0.1) is 12.7 Å². The fourth-order valence-electron chi connectivity index (χ4n) is 4.66. The lowest BCUT2D eigenvalue weighted by Crippen LogP contribution is -2.49. The number of aromatic hydroxyl groups is 1. The standard InChI is InChI=1S/C26H30FN3O2S/c1-4-30-18(2)17-23(31)24(26(30)32)25(19-5-11-22(33-3)12-6-19)29-15-13-28(14-16-29)21-9-7-20(27)8-10-21/h5-12,17,25,31H,4,13-16H2,1-3H3. The van der Waals surface area contributed by atoms with Gasteiger partial charge in [0.15, 0.2) is 0 Å². The Bertz CT molecular complexity index is 1150. The zero-order valence-corrected chi connectivity index (χ0v) is 20.1. The summed E-state index contributed by atoms with van der Waals surface area (Å²) in [7, 11) is 0. The Morgan fingerprint density at radius 3 is 2.24 bits per heavy atom. The molecule has 1 aliphatic heterocycles. The highest BCUT2D eigenvalue weighted by Crippen LogP contribution is 2.34. The Balaban J connectivity index is 1.70. The number of aromatic nitrogens is 1. The fourth-order valence-corrected chi connectivity index (χ4v) is 5.06. The van der Waals surface area contributed by atoms with E-state index in [1.54, 1.807) is 34.5 Å². The molecule has 33 heavy (non-hydrogen) atoms. The van der Waals surface area contributed by atoms with Crippen molar-refractivity contribution in [1.29, 1.82) is 0 Å². The number of anilines is 1. The van der Waals surface area contributed by atoms with Crippen LogP contribution in [0.5, 0.6) is 5.75 Å². The Hall–Kier alpha value is -2.77. The van der Waals surface area contributed by atoms with Crippen molar-refractivity contribution in [2.24, 2.45) is 0 Å². The summed E-state index contributed by atoms with van der Waals surface area (Å²) in [6.07, 6.45) is 2.03. The van der Waals surface area contributed by atoms with Crippen molar-refractivity contribution in [3.63, 3.8) is 0 Å². The third kappa shape index (κ3) is 4.80. The molecule has 2 aromatic carbocycles. The number of rotatable bonds is 6. The molecule has 0 bridgehead atoms. The molecule has 3 aromatic rings. The summed E-state index contributed by atoms with van der Waals surface area (Å²) in [5.41, 5.74) is 3.01. The Morgan fingerprint density at radius 1 is 1.03 bits per heavy atom. The molecular weight excluding hydrogens is 437 g/mol. The van der Waals surface area contributed by atoms with Gasteiger partial charge in [0.1, 0.15) is 11.6 Å². The second-order valence-electron chi connectivity index (χ2n) is 8.31. The minimum absolute atomic E-state index is 0.0436. The molecule has 0 radical (unpaired) electrons. The molecule has 1 aromatic heterocycles. The first-order chi connectivity index (χ1) is 15.9. The van der Waals surface area contributed by atoms with Gasteiger partial charge in [0.25, 0.3) is 5.56 Å². The highest BCUT2D eigenvalue weighted by molar-refractivity contribution is 7.98. The van der Waals surface area contributed by atoms with Crippen molar-refractivity contribution in [2.45, 2.75) is 31.3 Å². The Morgan fingerprint density at radius 2 is 1.67 bits per heavy atom. The third-order valence-electron chi connectivity index (χ3n) is 6.42. The number of aryl methyl sites for hydroxylation is 1. The summed E-state index contributed by atoms with van der Waals surface area (Å²) < 4.78 is 15.0. The molecule has 1 saturated heterocycles. The smallest absolute Gasteiger partial charge is 0.259 e. The van der Waals surface area contributed by atoms with Crippen LogP contribution in [0.25, 0.3) is 0 Å². The van der Waals surface area contributed by atoms with Gasteiger partial charge in [0, 0.05) is 49.0 Å². The normalized spacial score (nSPS) is 15.6. The molecule has 1 unspecified atom stereocenters. The van der Waals surface area contributed by atoms with Crippen LogP contribution < -0.4 is 10.5 Å². The topological polar surface area (TPSA) is 48.7 Å². The van der Waals surface area contributed by atoms with E-state index in [9.17, 15) is 14.3 Å². The van der Waals surface area contributed by atoms with E-state index in [4.69, 9.17) is 0 Å². The van der Waals surface area contributed by atoms with Gasteiger partial charge in [-0.2, -0.15) is 0 Å². The van der Waals surface area contributed by atoms with Crippen molar-refractivity contribution < 1.29 is 9.50 Å². The van der Waals surface area contributed by atoms with Crippen molar-refractivity contribution in [3.05, 3.63) is 87.6 Å². The zero-order valence-electron chi connectivity index (χ0n) is 19.3. The molecule has 1 aliphatic rings. The first-order valence-corrected chi connectivity index (χ1v) is 12.5. The molecular formula is C26H30FN3O2S. The van der Waals surface area contributed by atoms with Gasteiger partial charge in [-0.25, -0.2) is 4.39 Å². The van der Waals surface area contributed by atoms with Gasteiger partial charge in [0.2, 0.25) is 0 Å². The number of thioether (sulfide) groups is 1. The first-order valence-electron chi connectivity index (χ1n) is 11.2. The second-order valence-corrected chi connectivity index (χ2v) is 9.19. The van der Waals surface area contributed by atoms with Gasteiger partial charge in [-0.05, 0) is 68.1 Å². The monoisotopic (exact) mass is 467 g/mol. The summed E-state index contributed by atoms with van der Waals surface area (Å²) in [5.74, 6) is -0.199. The molecule has 1 N–H and O–H groups in total. The fraction of sp³-hybridized carbons (Fsp3) is 0.346. The first kappa shape index (κ1) is 23.4. The zero-order chi connectivity index (χ0) is 23.5. The molecule has 0 amide bonds. The highest BCUT2D eigenvalue weighted by Gasteiger charge is 2.31. The summed E-state index contributed by atoms with van der Waals surface area (Å²) in [4.78, 5) is 19.1. The average molecular weight is 468 g/mol. The maximum absolute atomic E-state index is 13.5. The molecule has 5 nitrogen and oxygen atoms in total. The second kappa shape index (κ2) is 10.0. The van der Waals surface area contributed by atoms with E-state index < -0.39 is 0 Å². The number of hydrogen-bond acceptors (Lipinski definition) is 5. The van der Waals surface area contributed by atoms with Crippen molar-refractivity contribution >= 4 is 17.4 Å². The number of benzene rings is 2. The number of hydrogen-bond donors (Lipinski definition) is 1. The minimum Gasteiger partial charge on any atom is -0.507 e. The summed E-state index contributed by atoms with van der Waals surface area (Å²) in [6, 6.07) is 16.1. The third-order valence-corrected chi connectivity index (χ3v) is 7.16. The number of halogens is 1. The average Bonchev–Trinajstić information content (AvgIpc) is 2.83. The van der Waals surface area contributed by atoms with Crippen molar-refractivity contribution in [3.8, 4) is 5.75 Å². The predicted molar refractivity (Wildman–Crippen MR) is 133 cm³/mol. The number of pyridine rings is 1. The van der Waals surface area contributed by atoms with Crippen LogP contribution in [-0.4, -0.2) is 47.0 Å². The van der Waals surface area contributed by atoms with E-state index in [-0.39, 0.29) is 23.2 Å². The van der Waals surface area contributed by atoms with Gasteiger partial charge in [-0.15, -0.1) is 11.8 Å². The molecule has 0 spiro atoms. The van der Waals surface area contributed by atoms with E-state index in [1.807, 2.05) is 20.1 Å². The van der Waals surface area contributed by atoms with Gasteiger partial charge in [-0.3, -0.25) is 9.69 Å². The predicted octanol–water partition coefficient (Wildman–Crippen LogP) is 4.65. The molecule has 7 heteroatoms. The SMILES string of the molecule is CCn1c(C)cc(O)c(C(c2ccc(SC)cc2)N2CCN(c3ccc(F)cc3)CC2)c1=O. The Kier molecular flexibility index (Phi) is 7.10. The molecule has 4 rings (SSSR count). The van der Waals surface area contributed by atoms with Crippen LogP contribution in [0.1, 0.15) is 29.8 Å². The molecule has 174 valence electrons.